The van der Waals surface area contributed by atoms with E-state index in [4.69, 9.17) is 4.74 Å². The van der Waals surface area contributed by atoms with Crippen molar-refractivity contribution >= 4 is 11.7 Å². The number of carbonyl (C=O) groups is 2. The molecule has 1 amide bonds. The average molecular weight is 435 g/mol. The fourth-order valence-electron chi connectivity index (χ4n) is 3.31. The number of hydrogen-bond acceptors (Lipinski definition) is 5. The highest BCUT2D eigenvalue weighted by atomic mass is 19.1. The quantitative estimate of drug-likeness (QED) is 0.464. The minimum Gasteiger partial charge on any atom is -0.481 e. The number of nitrogens with zero attached hydrogens (tertiary/aromatic N) is 3. The summed E-state index contributed by atoms with van der Waals surface area (Å²) in [5, 5.41) is 0. The Morgan fingerprint density at radius 2 is 1.81 bits per heavy atom. The van der Waals surface area contributed by atoms with E-state index in [0.717, 1.165) is 5.56 Å². The van der Waals surface area contributed by atoms with Gasteiger partial charge < -0.3 is 9.64 Å². The summed E-state index contributed by atoms with van der Waals surface area (Å²) in [6, 6.07) is 11.8. The zero-order chi connectivity index (χ0) is 23.1. The van der Waals surface area contributed by atoms with Crippen LogP contribution in [0.25, 0.3) is 11.1 Å². The summed E-state index contributed by atoms with van der Waals surface area (Å²) < 4.78 is 19.7. The van der Waals surface area contributed by atoms with Gasteiger partial charge in [-0.3, -0.25) is 14.6 Å². The largest absolute Gasteiger partial charge is 0.481 e. The first-order valence-electron chi connectivity index (χ1n) is 10.4. The molecule has 7 heteroatoms. The molecule has 0 unspecified atom stereocenters. The van der Waals surface area contributed by atoms with Crippen molar-refractivity contribution in [2.45, 2.75) is 32.7 Å². The number of rotatable bonds is 9. The van der Waals surface area contributed by atoms with E-state index in [1.807, 2.05) is 6.07 Å². The van der Waals surface area contributed by atoms with Crippen molar-refractivity contribution < 1.29 is 18.7 Å². The molecular weight excluding hydrogens is 409 g/mol. The van der Waals surface area contributed by atoms with Crippen LogP contribution >= 0.6 is 0 Å². The van der Waals surface area contributed by atoms with Gasteiger partial charge in [0.1, 0.15) is 11.5 Å². The van der Waals surface area contributed by atoms with Gasteiger partial charge in [-0.05, 0) is 29.7 Å². The number of aromatic nitrogens is 2. The molecule has 2 aromatic heterocycles. The lowest BCUT2D eigenvalue weighted by molar-refractivity contribution is -0.130. The third-order valence-electron chi connectivity index (χ3n) is 5.19. The van der Waals surface area contributed by atoms with Crippen molar-refractivity contribution in [2.75, 3.05) is 14.2 Å². The minimum atomic E-state index is -0.396. The van der Waals surface area contributed by atoms with Crippen LogP contribution < -0.4 is 4.74 Å². The Morgan fingerprint density at radius 3 is 2.41 bits per heavy atom. The third-order valence-corrected chi connectivity index (χ3v) is 5.19. The van der Waals surface area contributed by atoms with Crippen molar-refractivity contribution in [3.05, 3.63) is 77.5 Å². The number of ether oxygens (including phenoxy) is 1. The first-order valence-corrected chi connectivity index (χ1v) is 10.4. The number of carbonyl (C=O) groups excluding carboxylic acids is 2. The lowest BCUT2D eigenvalue weighted by atomic mass is 10.0. The molecule has 0 bridgehead atoms. The van der Waals surface area contributed by atoms with Crippen LogP contribution in [0.3, 0.4) is 0 Å². The summed E-state index contributed by atoms with van der Waals surface area (Å²) in [6.45, 7) is 2.14. The molecule has 6 nitrogen and oxygen atoms in total. The monoisotopic (exact) mass is 435 g/mol. The maximum absolute atomic E-state index is 14.7. The molecule has 32 heavy (non-hydrogen) atoms. The van der Waals surface area contributed by atoms with E-state index in [-0.39, 0.29) is 11.7 Å². The van der Waals surface area contributed by atoms with Gasteiger partial charge in [0.25, 0.3) is 0 Å². The normalized spacial score (nSPS) is 10.6. The molecule has 1 aromatic carbocycles. The topological polar surface area (TPSA) is 72.4 Å². The van der Waals surface area contributed by atoms with Crippen molar-refractivity contribution in [1.29, 1.82) is 0 Å². The first kappa shape index (κ1) is 23.1. The van der Waals surface area contributed by atoms with Crippen LogP contribution in [0.5, 0.6) is 5.88 Å². The van der Waals surface area contributed by atoms with Crippen LogP contribution in [-0.4, -0.2) is 40.7 Å². The van der Waals surface area contributed by atoms with Gasteiger partial charge >= 0.3 is 0 Å². The van der Waals surface area contributed by atoms with Gasteiger partial charge in [0, 0.05) is 56.0 Å². The van der Waals surface area contributed by atoms with E-state index in [1.165, 1.54) is 12.3 Å². The summed E-state index contributed by atoms with van der Waals surface area (Å²) in [4.78, 5) is 34.1. The lowest BCUT2D eigenvalue weighted by Crippen LogP contribution is -2.25. The predicted octanol–water partition coefficient (Wildman–Crippen LogP) is 4.48. The van der Waals surface area contributed by atoms with Gasteiger partial charge in [0.2, 0.25) is 11.8 Å². The van der Waals surface area contributed by atoms with Gasteiger partial charge in [0.05, 0.1) is 7.11 Å². The molecule has 0 aliphatic heterocycles. The van der Waals surface area contributed by atoms with E-state index in [1.54, 1.807) is 62.5 Å². The van der Waals surface area contributed by atoms with Gasteiger partial charge in [-0.1, -0.05) is 31.2 Å². The number of pyridine rings is 2. The molecule has 0 radical (unpaired) electrons. The highest BCUT2D eigenvalue weighted by Gasteiger charge is 2.12. The van der Waals surface area contributed by atoms with Crippen molar-refractivity contribution in [3.63, 3.8) is 0 Å². The highest BCUT2D eigenvalue weighted by molar-refractivity contribution is 5.94. The summed E-state index contributed by atoms with van der Waals surface area (Å²) in [5.41, 5.74) is 2.97. The van der Waals surface area contributed by atoms with Gasteiger partial charge in [-0.25, -0.2) is 9.37 Å². The van der Waals surface area contributed by atoms with Crippen LogP contribution in [0, 0.1) is 5.82 Å². The second-order valence-electron chi connectivity index (χ2n) is 7.48. The molecule has 0 aliphatic carbocycles. The molecule has 0 spiro atoms. The SMILES string of the molecule is CCC(=O)N(C)Cc1ccc(-c2ccc(C(=O)CCc3ccc(OC)nc3)nc2)c(F)c1. The fraction of sp³-hybridized carbons (Fsp3) is 0.280. The maximum Gasteiger partial charge on any atom is 0.222 e. The van der Waals surface area contributed by atoms with Crippen molar-refractivity contribution in [1.82, 2.24) is 14.9 Å². The molecule has 3 rings (SSSR count). The molecule has 0 aliphatic rings. The predicted molar refractivity (Wildman–Crippen MR) is 120 cm³/mol. The number of ketones is 1. The zero-order valence-corrected chi connectivity index (χ0v) is 18.5. The Kier molecular flexibility index (Phi) is 7.65. The van der Waals surface area contributed by atoms with E-state index < -0.39 is 5.82 Å². The molecular formula is C25H26FN3O3. The van der Waals surface area contributed by atoms with Crippen molar-refractivity contribution in [2.24, 2.45) is 0 Å². The van der Waals surface area contributed by atoms with Gasteiger partial charge in [-0.15, -0.1) is 0 Å². The van der Waals surface area contributed by atoms with Crippen LogP contribution in [0.1, 0.15) is 41.4 Å². The third kappa shape index (κ3) is 5.75. The summed E-state index contributed by atoms with van der Waals surface area (Å²) >= 11 is 0. The van der Waals surface area contributed by atoms with Crippen LogP contribution in [0.2, 0.25) is 0 Å². The fourth-order valence-corrected chi connectivity index (χ4v) is 3.31. The number of halogens is 1. The number of amides is 1. The Bertz CT molecular complexity index is 1080. The number of aryl methyl sites for hydroxylation is 1. The Morgan fingerprint density at radius 1 is 1.03 bits per heavy atom. The molecule has 166 valence electrons. The highest BCUT2D eigenvalue weighted by Crippen LogP contribution is 2.24. The minimum absolute atomic E-state index is 0.00203. The lowest BCUT2D eigenvalue weighted by Gasteiger charge is -2.16. The average Bonchev–Trinajstić information content (AvgIpc) is 2.82. The van der Waals surface area contributed by atoms with E-state index in [2.05, 4.69) is 9.97 Å². The first-order chi connectivity index (χ1) is 15.4. The van der Waals surface area contributed by atoms with Crippen LogP contribution in [0.15, 0.2) is 54.9 Å². The Labute approximate surface area is 187 Å². The number of methoxy groups -OCH3 is 1. The molecule has 0 saturated heterocycles. The van der Waals surface area contributed by atoms with Crippen molar-refractivity contribution in [3.8, 4) is 17.0 Å². The Balaban J connectivity index is 1.64. The van der Waals surface area contributed by atoms with E-state index in [0.29, 0.717) is 54.1 Å². The molecule has 0 N–H and O–H groups in total. The standard InChI is InChI=1S/C25H26FN3O3/c1-4-25(31)29(2)16-18-5-9-20(21(26)13-18)19-8-10-22(27-15-19)23(30)11-6-17-7-12-24(32-3)28-14-17/h5,7-10,12-15H,4,6,11,16H2,1-3H3. The molecule has 3 aromatic rings. The molecule has 2 heterocycles. The summed E-state index contributed by atoms with van der Waals surface area (Å²) in [5.74, 6) is 0.0424. The smallest absolute Gasteiger partial charge is 0.222 e. The second kappa shape index (κ2) is 10.6. The number of hydrogen-bond donors (Lipinski definition) is 0. The van der Waals surface area contributed by atoms with Gasteiger partial charge in [-0.2, -0.15) is 0 Å². The second-order valence-corrected chi connectivity index (χ2v) is 7.48. The Hall–Kier alpha value is -3.61. The summed E-state index contributed by atoms with van der Waals surface area (Å²) in [7, 11) is 3.25. The van der Waals surface area contributed by atoms with E-state index >= 15 is 0 Å². The van der Waals surface area contributed by atoms with Gasteiger partial charge in [0.15, 0.2) is 5.78 Å². The maximum atomic E-state index is 14.7. The number of benzene rings is 1. The zero-order valence-electron chi connectivity index (χ0n) is 18.5. The van der Waals surface area contributed by atoms with Crippen LogP contribution in [0.4, 0.5) is 4.39 Å². The number of Topliss-reactive ketones (excluding diaryl/α,β-unsaturated/α-hetero) is 1. The molecule has 0 atom stereocenters. The molecule has 0 saturated carbocycles. The van der Waals surface area contributed by atoms with E-state index in [9.17, 15) is 14.0 Å². The van der Waals surface area contributed by atoms with Crippen LogP contribution in [-0.2, 0) is 17.8 Å². The summed E-state index contributed by atoms with van der Waals surface area (Å²) in [6.07, 6.45) is 4.44. The molecule has 0 fully saturated rings.